The molecule has 0 unspecified atom stereocenters. The second-order valence-corrected chi connectivity index (χ2v) is 7.50. The summed E-state index contributed by atoms with van der Waals surface area (Å²) in [5, 5.41) is 8.52. The lowest BCUT2D eigenvalue weighted by molar-refractivity contribution is -0.137. The molecule has 1 rings (SSSR count). The number of rotatable bonds is 16. The lowest BCUT2D eigenvalue weighted by atomic mass is 10.0. The highest BCUT2D eigenvalue weighted by atomic mass is 16.4. The molecule has 0 heterocycles. The molecule has 0 saturated carbocycles. The molecule has 1 aromatic carbocycles. The predicted octanol–water partition coefficient (Wildman–Crippen LogP) is 7.60. The summed E-state index contributed by atoms with van der Waals surface area (Å²) in [6.07, 6.45) is 20.2. The van der Waals surface area contributed by atoms with Crippen molar-refractivity contribution >= 4 is 11.7 Å². The Morgan fingerprint density at radius 1 is 0.704 bits per heavy atom. The van der Waals surface area contributed by atoms with Crippen LogP contribution in [0.5, 0.6) is 0 Å². The minimum atomic E-state index is -0.653. The van der Waals surface area contributed by atoms with Crippen molar-refractivity contribution in [3.05, 3.63) is 30.3 Å². The van der Waals surface area contributed by atoms with Crippen molar-refractivity contribution in [3.63, 3.8) is 0 Å². The number of carbonyl (C=O) groups is 1. The molecule has 0 radical (unpaired) electrons. The standard InChI is InChI=1S/C18H36O2.C6H7N/c1-2-3-4-5-6-7-8-9-10-11-12-13-14-15-16-17-18(19)20;7-6-4-2-1-3-5-6/h2-17H2,1H3,(H,19,20);1-5H,7H2. The lowest BCUT2D eigenvalue weighted by Gasteiger charge is -2.03. The van der Waals surface area contributed by atoms with E-state index in [1.807, 2.05) is 30.3 Å². The minimum Gasteiger partial charge on any atom is -0.481 e. The van der Waals surface area contributed by atoms with Gasteiger partial charge >= 0.3 is 5.97 Å². The highest BCUT2D eigenvalue weighted by molar-refractivity contribution is 5.66. The summed E-state index contributed by atoms with van der Waals surface area (Å²) >= 11 is 0. The maximum atomic E-state index is 10.3. The molecule has 0 amide bonds. The van der Waals surface area contributed by atoms with Crippen molar-refractivity contribution in [3.8, 4) is 0 Å². The lowest BCUT2D eigenvalue weighted by Crippen LogP contribution is -1.93. The monoisotopic (exact) mass is 377 g/mol. The van der Waals surface area contributed by atoms with Crippen LogP contribution >= 0.6 is 0 Å². The number of hydrogen-bond donors (Lipinski definition) is 2. The van der Waals surface area contributed by atoms with Crippen molar-refractivity contribution in [2.75, 3.05) is 5.73 Å². The fourth-order valence-corrected chi connectivity index (χ4v) is 3.10. The smallest absolute Gasteiger partial charge is 0.303 e. The zero-order chi connectivity index (χ0) is 20.0. The van der Waals surface area contributed by atoms with E-state index in [1.54, 1.807) is 0 Å². The largest absolute Gasteiger partial charge is 0.481 e. The Kier molecular flexibility index (Phi) is 19.6. The minimum absolute atomic E-state index is 0.345. The van der Waals surface area contributed by atoms with Gasteiger partial charge in [-0.1, -0.05) is 115 Å². The molecule has 27 heavy (non-hydrogen) atoms. The van der Waals surface area contributed by atoms with E-state index in [0.717, 1.165) is 18.5 Å². The van der Waals surface area contributed by atoms with E-state index in [0.29, 0.717) is 6.42 Å². The molecule has 3 heteroatoms. The predicted molar refractivity (Wildman–Crippen MR) is 118 cm³/mol. The Morgan fingerprint density at radius 2 is 1.07 bits per heavy atom. The van der Waals surface area contributed by atoms with Gasteiger partial charge in [-0.15, -0.1) is 0 Å². The van der Waals surface area contributed by atoms with Crippen LogP contribution in [0.3, 0.4) is 0 Å². The summed E-state index contributed by atoms with van der Waals surface area (Å²) in [6.45, 7) is 2.27. The van der Waals surface area contributed by atoms with Crippen LogP contribution < -0.4 is 5.73 Å². The van der Waals surface area contributed by atoms with Gasteiger partial charge in [-0.05, 0) is 18.6 Å². The van der Waals surface area contributed by atoms with Crippen LogP contribution in [-0.4, -0.2) is 11.1 Å². The van der Waals surface area contributed by atoms with E-state index in [-0.39, 0.29) is 0 Å². The first-order valence-electron chi connectivity index (χ1n) is 11.2. The third kappa shape index (κ3) is 22.4. The quantitative estimate of drug-likeness (QED) is 0.230. The fraction of sp³-hybridized carbons (Fsp3) is 0.708. The normalized spacial score (nSPS) is 10.3. The van der Waals surface area contributed by atoms with Crippen molar-refractivity contribution in [2.45, 2.75) is 110 Å². The molecule has 156 valence electrons. The summed E-state index contributed by atoms with van der Waals surface area (Å²) < 4.78 is 0. The molecule has 0 bridgehead atoms. The van der Waals surface area contributed by atoms with Gasteiger partial charge in [0, 0.05) is 12.1 Å². The van der Waals surface area contributed by atoms with E-state index < -0.39 is 5.97 Å². The topological polar surface area (TPSA) is 63.3 Å². The average molecular weight is 378 g/mol. The van der Waals surface area contributed by atoms with Gasteiger partial charge in [-0.2, -0.15) is 0 Å². The van der Waals surface area contributed by atoms with Crippen molar-refractivity contribution in [1.82, 2.24) is 0 Å². The summed E-state index contributed by atoms with van der Waals surface area (Å²) in [7, 11) is 0. The Hall–Kier alpha value is -1.51. The highest BCUT2D eigenvalue weighted by Crippen LogP contribution is 2.13. The molecule has 0 aliphatic carbocycles. The molecular formula is C24H43NO2. The maximum Gasteiger partial charge on any atom is 0.303 e. The van der Waals surface area contributed by atoms with Crippen LogP contribution in [0.4, 0.5) is 5.69 Å². The molecule has 0 saturated heterocycles. The van der Waals surface area contributed by atoms with Crippen molar-refractivity contribution < 1.29 is 9.90 Å². The van der Waals surface area contributed by atoms with Gasteiger partial charge < -0.3 is 10.8 Å². The van der Waals surface area contributed by atoms with E-state index in [2.05, 4.69) is 6.92 Å². The molecule has 0 fully saturated rings. The molecule has 0 aliphatic heterocycles. The Bertz CT molecular complexity index is 420. The number of aliphatic carboxylic acids is 1. The Balaban J connectivity index is 0.000000797. The van der Waals surface area contributed by atoms with Gasteiger partial charge in [-0.25, -0.2) is 0 Å². The molecule has 0 aliphatic rings. The van der Waals surface area contributed by atoms with Crippen LogP contribution in [0.2, 0.25) is 0 Å². The fourth-order valence-electron chi connectivity index (χ4n) is 3.10. The number of nitrogen functional groups attached to an aromatic ring is 1. The van der Waals surface area contributed by atoms with E-state index >= 15 is 0 Å². The Labute approximate surface area is 167 Å². The molecule has 1 aromatic rings. The molecule has 0 spiro atoms. The molecule has 0 atom stereocenters. The number of benzene rings is 1. The summed E-state index contributed by atoms with van der Waals surface area (Å²) in [4.78, 5) is 10.3. The van der Waals surface area contributed by atoms with Crippen LogP contribution in [0.1, 0.15) is 110 Å². The number of anilines is 1. The summed E-state index contributed by atoms with van der Waals surface area (Å²) in [6, 6.07) is 9.49. The second-order valence-electron chi connectivity index (χ2n) is 7.50. The van der Waals surface area contributed by atoms with Crippen molar-refractivity contribution in [2.24, 2.45) is 0 Å². The zero-order valence-electron chi connectivity index (χ0n) is 17.6. The highest BCUT2D eigenvalue weighted by Gasteiger charge is 1.97. The SMILES string of the molecule is CCCCCCCCCCCCCCCCCC(=O)O.Nc1ccccc1. The number of hydrogen-bond acceptors (Lipinski definition) is 2. The third-order valence-corrected chi connectivity index (χ3v) is 4.79. The molecular weight excluding hydrogens is 334 g/mol. The number of para-hydroxylation sites is 1. The Morgan fingerprint density at radius 3 is 1.37 bits per heavy atom. The number of unbranched alkanes of at least 4 members (excludes halogenated alkanes) is 14. The first kappa shape index (κ1) is 25.5. The molecule has 0 aromatic heterocycles. The van der Waals surface area contributed by atoms with Gasteiger partial charge in [0.25, 0.3) is 0 Å². The van der Waals surface area contributed by atoms with Crippen LogP contribution in [0, 0.1) is 0 Å². The number of nitrogens with two attached hydrogens (primary N) is 1. The van der Waals surface area contributed by atoms with Gasteiger partial charge in [0.2, 0.25) is 0 Å². The van der Waals surface area contributed by atoms with Crippen LogP contribution in [0.15, 0.2) is 30.3 Å². The van der Waals surface area contributed by atoms with Gasteiger partial charge in [0.1, 0.15) is 0 Å². The van der Waals surface area contributed by atoms with Gasteiger partial charge in [-0.3, -0.25) is 4.79 Å². The van der Waals surface area contributed by atoms with Gasteiger partial charge in [0.05, 0.1) is 0 Å². The molecule has 3 nitrogen and oxygen atoms in total. The van der Waals surface area contributed by atoms with E-state index in [4.69, 9.17) is 10.8 Å². The second kappa shape index (κ2) is 20.8. The summed E-state index contributed by atoms with van der Waals surface area (Å²) in [5.41, 5.74) is 6.18. The third-order valence-electron chi connectivity index (χ3n) is 4.79. The van der Waals surface area contributed by atoms with Crippen LogP contribution in [-0.2, 0) is 4.79 Å². The van der Waals surface area contributed by atoms with E-state index in [9.17, 15) is 4.79 Å². The van der Waals surface area contributed by atoms with E-state index in [1.165, 1.54) is 83.5 Å². The number of carboxylic acid groups (broad SMARTS) is 1. The molecule has 3 N–H and O–H groups in total. The zero-order valence-corrected chi connectivity index (χ0v) is 17.6. The van der Waals surface area contributed by atoms with Crippen molar-refractivity contribution in [1.29, 1.82) is 0 Å². The maximum absolute atomic E-state index is 10.3. The van der Waals surface area contributed by atoms with Gasteiger partial charge in [0.15, 0.2) is 0 Å². The first-order valence-corrected chi connectivity index (χ1v) is 11.2. The van der Waals surface area contributed by atoms with Crippen LogP contribution in [0.25, 0.3) is 0 Å². The average Bonchev–Trinajstić information content (AvgIpc) is 2.66. The first-order chi connectivity index (χ1) is 13.2. The number of carboxylic acids is 1. The summed E-state index contributed by atoms with van der Waals surface area (Å²) in [5.74, 6) is -0.653.